The second-order valence-corrected chi connectivity index (χ2v) is 7.59. The third kappa shape index (κ3) is 5.69. The molecule has 154 valence electrons. The molecule has 0 saturated carbocycles. The van der Waals surface area contributed by atoms with E-state index in [4.69, 9.17) is 18.9 Å². The minimum absolute atomic E-state index is 0.00221. The van der Waals surface area contributed by atoms with Crippen molar-refractivity contribution in [3.05, 3.63) is 42.5 Å². The normalized spacial score (nSPS) is 25.1. The number of benzene rings is 2. The highest BCUT2D eigenvalue weighted by Gasteiger charge is 2.39. The Labute approximate surface area is 169 Å². The Morgan fingerprint density at radius 1 is 0.929 bits per heavy atom. The van der Waals surface area contributed by atoms with Crippen molar-refractivity contribution in [2.24, 2.45) is 0 Å². The van der Waals surface area contributed by atoms with Crippen molar-refractivity contribution in [3.8, 4) is 5.75 Å². The Kier molecular flexibility index (Phi) is 8.13. The van der Waals surface area contributed by atoms with Gasteiger partial charge in [-0.1, -0.05) is 57.0 Å². The second kappa shape index (κ2) is 10.8. The van der Waals surface area contributed by atoms with Crippen LogP contribution in [0, 0.1) is 0 Å². The zero-order chi connectivity index (χ0) is 19.8. The van der Waals surface area contributed by atoms with Crippen LogP contribution < -0.4 is 4.74 Å². The Morgan fingerprint density at radius 3 is 2.39 bits per heavy atom. The lowest BCUT2D eigenvalue weighted by Crippen LogP contribution is -2.51. The zero-order valence-electron chi connectivity index (χ0n) is 17.4. The molecule has 0 aromatic heterocycles. The van der Waals surface area contributed by atoms with Crippen molar-refractivity contribution in [2.45, 2.75) is 77.5 Å². The molecule has 2 aromatic carbocycles. The summed E-state index contributed by atoms with van der Waals surface area (Å²) in [6.45, 7) is 7.91. The molecular weight excluding hydrogens is 352 g/mol. The maximum absolute atomic E-state index is 6.19. The van der Waals surface area contributed by atoms with Gasteiger partial charge in [0, 0.05) is 19.6 Å². The lowest BCUT2D eigenvalue weighted by Gasteiger charge is -2.40. The molecule has 0 aliphatic carbocycles. The molecule has 1 heterocycles. The fourth-order valence-electron chi connectivity index (χ4n) is 3.62. The molecular formula is C24H34O4. The summed E-state index contributed by atoms with van der Waals surface area (Å²) in [7, 11) is 0. The molecule has 1 aliphatic heterocycles. The van der Waals surface area contributed by atoms with E-state index < -0.39 is 0 Å². The van der Waals surface area contributed by atoms with Crippen LogP contribution in [0.5, 0.6) is 5.75 Å². The minimum atomic E-state index is -0.325. The van der Waals surface area contributed by atoms with Crippen LogP contribution in [0.1, 0.15) is 52.9 Å². The summed E-state index contributed by atoms with van der Waals surface area (Å²) < 4.78 is 24.7. The highest BCUT2D eigenvalue weighted by molar-refractivity contribution is 5.83. The van der Waals surface area contributed by atoms with E-state index in [1.807, 2.05) is 18.2 Å². The first kappa shape index (κ1) is 21.1. The van der Waals surface area contributed by atoms with Crippen LogP contribution in [0.15, 0.2) is 42.5 Å². The van der Waals surface area contributed by atoms with Crippen LogP contribution in [0.3, 0.4) is 0 Å². The standard InChI is InChI=1S/C24H34O4/c1-4-6-14-25-22-17-23(27-18(3)24(22)26-15-7-5-2)28-21-13-12-19-10-8-9-11-20(19)16-21/h8-13,16,18,22-24H,4-7,14-15,17H2,1-3H3/t18?,22-,23-,24+/m1/s1. The van der Waals surface area contributed by atoms with Crippen molar-refractivity contribution in [1.29, 1.82) is 0 Å². The number of rotatable bonds is 10. The Morgan fingerprint density at radius 2 is 1.64 bits per heavy atom. The first-order chi connectivity index (χ1) is 13.7. The van der Waals surface area contributed by atoms with Crippen LogP contribution in [0.4, 0.5) is 0 Å². The monoisotopic (exact) mass is 386 g/mol. The zero-order valence-corrected chi connectivity index (χ0v) is 17.4. The third-order valence-corrected chi connectivity index (χ3v) is 5.25. The molecule has 4 nitrogen and oxygen atoms in total. The molecule has 4 heteroatoms. The fraction of sp³-hybridized carbons (Fsp3) is 0.583. The lowest BCUT2D eigenvalue weighted by atomic mass is 10.0. The van der Waals surface area contributed by atoms with Gasteiger partial charge >= 0.3 is 0 Å². The second-order valence-electron chi connectivity index (χ2n) is 7.59. The Balaban J connectivity index is 1.65. The van der Waals surface area contributed by atoms with Crippen LogP contribution in [-0.2, 0) is 14.2 Å². The van der Waals surface area contributed by atoms with E-state index in [1.54, 1.807) is 0 Å². The Hall–Kier alpha value is -1.62. The van der Waals surface area contributed by atoms with E-state index in [9.17, 15) is 0 Å². The van der Waals surface area contributed by atoms with Gasteiger partial charge in [-0.15, -0.1) is 0 Å². The van der Waals surface area contributed by atoms with Crippen molar-refractivity contribution >= 4 is 10.8 Å². The van der Waals surface area contributed by atoms with Gasteiger partial charge in [0.1, 0.15) is 11.9 Å². The minimum Gasteiger partial charge on any atom is -0.465 e. The maximum atomic E-state index is 6.19. The van der Waals surface area contributed by atoms with Crippen molar-refractivity contribution < 1.29 is 18.9 Å². The molecule has 3 rings (SSSR count). The summed E-state index contributed by atoms with van der Waals surface area (Å²) in [5, 5.41) is 2.37. The molecule has 0 spiro atoms. The lowest BCUT2D eigenvalue weighted by molar-refractivity contribution is -0.238. The summed E-state index contributed by atoms with van der Waals surface area (Å²) in [5.41, 5.74) is 0. The predicted molar refractivity (Wildman–Crippen MR) is 113 cm³/mol. The van der Waals surface area contributed by atoms with E-state index >= 15 is 0 Å². The molecule has 0 N–H and O–H groups in total. The summed E-state index contributed by atoms with van der Waals surface area (Å²) in [5.74, 6) is 0.827. The van der Waals surface area contributed by atoms with Gasteiger partial charge in [-0.05, 0) is 42.7 Å². The van der Waals surface area contributed by atoms with Gasteiger partial charge in [-0.25, -0.2) is 0 Å². The van der Waals surface area contributed by atoms with E-state index in [1.165, 1.54) is 10.8 Å². The van der Waals surface area contributed by atoms with Crippen molar-refractivity contribution in [2.75, 3.05) is 13.2 Å². The molecule has 0 amide bonds. The van der Waals surface area contributed by atoms with Gasteiger partial charge in [-0.2, -0.15) is 0 Å². The van der Waals surface area contributed by atoms with Gasteiger partial charge in [0.15, 0.2) is 0 Å². The number of ether oxygens (including phenoxy) is 4. The summed E-state index contributed by atoms with van der Waals surface area (Å²) in [6.07, 6.45) is 4.60. The van der Waals surface area contributed by atoms with Crippen LogP contribution >= 0.6 is 0 Å². The number of unbranched alkanes of at least 4 members (excludes halogenated alkanes) is 2. The Bertz CT molecular complexity index is 717. The van der Waals surface area contributed by atoms with Crippen molar-refractivity contribution in [3.63, 3.8) is 0 Å². The molecule has 1 fully saturated rings. The first-order valence-corrected chi connectivity index (χ1v) is 10.8. The quantitative estimate of drug-likeness (QED) is 0.489. The molecule has 4 atom stereocenters. The highest BCUT2D eigenvalue weighted by atomic mass is 16.7. The van der Waals surface area contributed by atoms with Gasteiger partial charge in [0.25, 0.3) is 0 Å². The highest BCUT2D eigenvalue weighted by Crippen LogP contribution is 2.29. The average Bonchev–Trinajstić information content (AvgIpc) is 2.70. The van der Waals surface area contributed by atoms with Gasteiger partial charge in [0.2, 0.25) is 6.29 Å². The SMILES string of the molecule is CCCCO[C@@H]1C[C@@H](Oc2ccc3ccccc3c2)OC(C)[C@@H]1OCCCC. The smallest absolute Gasteiger partial charge is 0.202 e. The van der Waals surface area contributed by atoms with Gasteiger partial charge < -0.3 is 18.9 Å². The van der Waals surface area contributed by atoms with Crippen LogP contribution in [0.2, 0.25) is 0 Å². The average molecular weight is 387 g/mol. The molecule has 28 heavy (non-hydrogen) atoms. The van der Waals surface area contributed by atoms with Crippen molar-refractivity contribution in [1.82, 2.24) is 0 Å². The fourth-order valence-corrected chi connectivity index (χ4v) is 3.62. The van der Waals surface area contributed by atoms with E-state index in [0.717, 1.165) is 44.6 Å². The topological polar surface area (TPSA) is 36.9 Å². The third-order valence-electron chi connectivity index (χ3n) is 5.25. The summed E-state index contributed by atoms with van der Waals surface area (Å²) in [4.78, 5) is 0. The summed E-state index contributed by atoms with van der Waals surface area (Å²) in [6, 6.07) is 14.5. The van der Waals surface area contributed by atoms with Gasteiger partial charge in [0.05, 0.1) is 12.2 Å². The largest absolute Gasteiger partial charge is 0.465 e. The molecule has 1 unspecified atom stereocenters. The number of fused-ring (bicyclic) bond motifs is 1. The first-order valence-electron chi connectivity index (χ1n) is 10.8. The maximum Gasteiger partial charge on any atom is 0.202 e. The van der Waals surface area contributed by atoms with Crippen LogP contribution in [-0.4, -0.2) is 37.8 Å². The summed E-state index contributed by atoms with van der Waals surface area (Å²) >= 11 is 0. The molecule has 0 bridgehead atoms. The predicted octanol–water partition coefficient (Wildman–Crippen LogP) is 5.72. The van der Waals surface area contributed by atoms with E-state index in [-0.39, 0.29) is 24.6 Å². The molecule has 1 saturated heterocycles. The molecule has 2 aromatic rings. The van der Waals surface area contributed by atoms with Gasteiger partial charge in [-0.3, -0.25) is 0 Å². The number of hydrogen-bond acceptors (Lipinski definition) is 4. The van der Waals surface area contributed by atoms with Crippen LogP contribution in [0.25, 0.3) is 10.8 Å². The molecule has 0 radical (unpaired) electrons. The van der Waals surface area contributed by atoms with E-state index in [0.29, 0.717) is 6.42 Å². The van der Waals surface area contributed by atoms with E-state index in [2.05, 4.69) is 45.0 Å². The molecule has 1 aliphatic rings. The number of hydrogen-bond donors (Lipinski definition) is 0.